The number of hydrogen-bond donors (Lipinski definition) is 2. The standard InChI is InChI=1S/C17H14N6OS/c1-10-6-20-12(8-19-10)9-22-17-23-16(24)14(25-17)5-11-7-21-15-13(11)3-2-4-18-15/h2-8,24H,9H2,1H3,(H,22,23). The molecular weight excluding hydrogens is 336 g/mol. The van der Waals surface area contributed by atoms with Crippen LogP contribution in [0.3, 0.4) is 0 Å². The normalized spacial score (nSPS) is 14.0. The molecule has 8 heteroatoms. The lowest BCUT2D eigenvalue weighted by Crippen LogP contribution is -2.02. The first-order valence-electron chi connectivity index (χ1n) is 7.61. The summed E-state index contributed by atoms with van der Waals surface area (Å²) in [6, 6.07) is 3.82. The van der Waals surface area contributed by atoms with Gasteiger partial charge in [-0.2, -0.15) is 4.98 Å². The van der Waals surface area contributed by atoms with Gasteiger partial charge in [-0.25, -0.2) is 9.98 Å². The van der Waals surface area contributed by atoms with Gasteiger partial charge in [0.25, 0.3) is 0 Å². The third-order valence-corrected chi connectivity index (χ3v) is 4.55. The molecule has 0 spiro atoms. The summed E-state index contributed by atoms with van der Waals surface area (Å²) in [5.74, 6) is 0.676. The van der Waals surface area contributed by atoms with Crippen molar-refractivity contribution in [1.82, 2.24) is 19.9 Å². The van der Waals surface area contributed by atoms with Crippen molar-refractivity contribution in [3.05, 3.63) is 52.6 Å². The summed E-state index contributed by atoms with van der Waals surface area (Å²) >= 11 is 1.36. The Hall–Kier alpha value is -3.13. The third kappa shape index (κ3) is 3.24. The van der Waals surface area contributed by atoms with Gasteiger partial charge in [-0.15, -0.1) is 0 Å². The van der Waals surface area contributed by atoms with E-state index in [1.807, 2.05) is 25.1 Å². The Morgan fingerprint density at radius 3 is 3.00 bits per heavy atom. The van der Waals surface area contributed by atoms with E-state index in [0.717, 1.165) is 22.5 Å². The Labute approximate surface area is 147 Å². The molecule has 4 heterocycles. The van der Waals surface area contributed by atoms with Crippen LogP contribution in [0.5, 0.6) is 5.88 Å². The number of aromatic hydroxyl groups is 1. The van der Waals surface area contributed by atoms with Crippen molar-refractivity contribution in [2.24, 2.45) is 4.99 Å². The lowest BCUT2D eigenvalue weighted by molar-refractivity contribution is 0.456. The minimum Gasteiger partial charge on any atom is -0.492 e. The second-order valence-corrected chi connectivity index (χ2v) is 6.47. The number of rotatable bonds is 4. The highest BCUT2D eigenvalue weighted by Gasteiger charge is 2.15. The van der Waals surface area contributed by atoms with Crippen LogP contribution in [-0.2, 0) is 6.54 Å². The van der Waals surface area contributed by atoms with E-state index in [1.54, 1.807) is 24.8 Å². The average molecular weight is 350 g/mol. The topological polar surface area (TPSA) is 96.2 Å². The zero-order chi connectivity index (χ0) is 17.2. The first-order valence-corrected chi connectivity index (χ1v) is 8.43. The van der Waals surface area contributed by atoms with Crippen molar-refractivity contribution in [3.8, 4) is 5.88 Å². The summed E-state index contributed by atoms with van der Waals surface area (Å²) in [6.45, 7) is 2.38. The molecule has 0 saturated heterocycles. The molecule has 0 radical (unpaired) electrons. The Morgan fingerprint density at radius 2 is 2.16 bits per heavy atom. The Balaban J connectivity index is 1.52. The number of thiazole rings is 1. The van der Waals surface area contributed by atoms with Gasteiger partial charge in [0.1, 0.15) is 0 Å². The SMILES string of the molecule is Cc1cnc(CNc2nc(O)c(C=C3C=Nc4ncccc43)s2)cn1. The van der Waals surface area contributed by atoms with Gasteiger partial charge in [-0.3, -0.25) is 9.97 Å². The molecule has 0 aliphatic carbocycles. The fourth-order valence-electron chi connectivity index (χ4n) is 2.35. The van der Waals surface area contributed by atoms with E-state index in [-0.39, 0.29) is 5.88 Å². The number of hydrogen-bond acceptors (Lipinski definition) is 8. The van der Waals surface area contributed by atoms with Gasteiger partial charge >= 0.3 is 0 Å². The smallest absolute Gasteiger partial charge is 0.231 e. The van der Waals surface area contributed by atoms with Gasteiger partial charge in [-0.05, 0) is 25.1 Å². The summed E-state index contributed by atoms with van der Waals surface area (Å²) in [5.41, 5.74) is 3.53. The van der Waals surface area contributed by atoms with Gasteiger partial charge < -0.3 is 10.4 Å². The number of fused-ring (bicyclic) bond motifs is 1. The Morgan fingerprint density at radius 1 is 1.24 bits per heavy atom. The highest BCUT2D eigenvalue weighted by atomic mass is 32.1. The van der Waals surface area contributed by atoms with Gasteiger partial charge in [-0.1, -0.05) is 11.3 Å². The summed E-state index contributed by atoms with van der Waals surface area (Å²) in [4.78, 5) is 21.8. The van der Waals surface area contributed by atoms with Crippen molar-refractivity contribution < 1.29 is 5.11 Å². The van der Waals surface area contributed by atoms with Crippen LogP contribution in [0, 0.1) is 6.92 Å². The molecule has 2 N–H and O–H groups in total. The number of nitrogens with one attached hydrogen (secondary N) is 1. The molecule has 3 aromatic heterocycles. The minimum atomic E-state index is -0.0132. The number of aromatic nitrogens is 4. The third-order valence-electron chi connectivity index (χ3n) is 3.60. The lowest BCUT2D eigenvalue weighted by Gasteiger charge is -2.01. The molecule has 0 aromatic carbocycles. The van der Waals surface area contributed by atoms with Gasteiger partial charge in [0.2, 0.25) is 5.88 Å². The molecule has 0 saturated carbocycles. The fourth-order valence-corrected chi connectivity index (χ4v) is 3.16. The summed E-state index contributed by atoms with van der Waals surface area (Å²) in [5, 5.41) is 13.9. The summed E-state index contributed by atoms with van der Waals surface area (Å²) in [7, 11) is 0. The second kappa shape index (κ2) is 6.40. The monoisotopic (exact) mass is 350 g/mol. The number of nitrogens with zero attached hydrogens (tertiary/aromatic N) is 5. The predicted octanol–water partition coefficient (Wildman–Crippen LogP) is 3.21. The number of aliphatic imine (C=N–C) groups is 1. The molecule has 0 amide bonds. The second-order valence-electron chi connectivity index (χ2n) is 5.44. The van der Waals surface area contributed by atoms with E-state index < -0.39 is 0 Å². The Bertz CT molecular complexity index is 977. The van der Waals surface area contributed by atoms with Crippen LogP contribution in [0.2, 0.25) is 0 Å². The molecule has 0 atom stereocenters. The minimum absolute atomic E-state index is 0.0132. The first-order chi connectivity index (χ1) is 12.2. The number of pyridine rings is 1. The molecule has 4 rings (SSSR count). The number of allylic oxidation sites excluding steroid dienone is 1. The number of aryl methyl sites for hydroxylation is 1. The van der Waals surface area contributed by atoms with Crippen molar-refractivity contribution in [2.75, 3.05) is 5.32 Å². The van der Waals surface area contributed by atoms with Crippen LogP contribution in [0.15, 0.2) is 35.7 Å². The van der Waals surface area contributed by atoms with E-state index in [1.165, 1.54) is 11.3 Å². The maximum Gasteiger partial charge on any atom is 0.231 e. The maximum absolute atomic E-state index is 10.1. The van der Waals surface area contributed by atoms with E-state index in [9.17, 15) is 5.11 Å². The molecule has 0 bridgehead atoms. The molecular formula is C17H14N6OS. The molecule has 25 heavy (non-hydrogen) atoms. The largest absolute Gasteiger partial charge is 0.492 e. The summed E-state index contributed by atoms with van der Waals surface area (Å²) in [6.07, 6.45) is 8.75. The Kier molecular flexibility index (Phi) is 3.95. The van der Waals surface area contributed by atoms with Crippen molar-refractivity contribution >= 4 is 40.1 Å². The lowest BCUT2D eigenvalue weighted by atomic mass is 10.1. The first kappa shape index (κ1) is 15.4. The predicted molar refractivity (Wildman–Crippen MR) is 98.1 cm³/mol. The molecule has 0 fully saturated rings. The summed E-state index contributed by atoms with van der Waals surface area (Å²) < 4.78 is 0. The van der Waals surface area contributed by atoms with Crippen LogP contribution in [-0.4, -0.2) is 31.3 Å². The van der Waals surface area contributed by atoms with Crippen molar-refractivity contribution in [3.63, 3.8) is 0 Å². The van der Waals surface area contributed by atoms with Crippen molar-refractivity contribution in [1.29, 1.82) is 0 Å². The van der Waals surface area contributed by atoms with Crippen LogP contribution < -0.4 is 5.32 Å². The van der Waals surface area contributed by atoms with Crippen LogP contribution in [0.4, 0.5) is 10.9 Å². The van der Waals surface area contributed by atoms with E-state index in [2.05, 4.69) is 30.2 Å². The zero-order valence-corrected chi connectivity index (χ0v) is 14.2. The molecule has 0 unspecified atom stereocenters. The van der Waals surface area contributed by atoms with E-state index >= 15 is 0 Å². The fraction of sp³-hybridized carbons (Fsp3) is 0.118. The van der Waals surface area contributed by atoms with Gasteiger partial charge in [0.05, 0.1) is 29.0 Å². The van der Waals surface area contributed by atoms with E-state index in [0.29, 0.717) is 22.4 Å². The van der Waals surface area contributed by atoms with Crippen molar-refractivity contribution in [2.45, 2.75) is 13.5 Å². The maximum atomic E-state index is 10.1. The highest BCUT2D eigenvalue weighted by molar-refractivity contribution is 7.16. The molecule has 124 valence electrons. The van der Waals surface area contributed by atoms with Crippen LogP contribution in [0.1, 0.15) is 21.8 Å². The number of anilines is 1. The van der Waals surface area contributed by atoms with E-state index in [4.69, 9.17) is 0 Å². The average Bonchev–Trinajstić information content (AvgIpc) is 3.19. The molecule has 3 aromatic rings. The zero-order valence-electron chi connectivity index (χ0n) is 13.3. The molecule has 1 aliphatic heterocycles. The van der Waals surface area contributed by atoms with Gasteiger partial charge in [0.15, 0.2) is 10.9 Å². The van der Waals surface area contributed by atoms with Crippen LogP contribution in [0.25, 0.3) is 11.6 Å². The molecule has 1 aliphatic rings. The van der Waals surface area contributed by atoms with Gasteiger partial charge in [0, 0.05) is 29.7 Å². The van der Waals surface area contributed by atoms with Crippen LogP contribution >= 0.6 is 11.3 Å². The quantitative estimate of drug-likeness (QED) is 0.750. The highest BCUT2D eigenvalue weighted by Crippen LogP contribution is 2.35. The molecule has 7 nitrogen and oxygen atoms in total.